The number of nitrogens with zero attached hydrogens (tertiary/aromatic N) is 2. The number of hydrogen-bond acceptors (Lipinski definition) is 3. The Morgan fingerprint density at radius 3 is 2.68 bits per heavy atom. The van der Waals surface area contributed by atoms with Crippen LogP contribution in [0.5, 0.6) is 0 Å². The van der Waals surface area contributed by atoms with Crippen LogP contribution in [0.15, 0.2) is 30.7 Å². The molecule has 0 saturated heterocycles. The van der Waals surface area contributed by atoms with Crippen molar-refractivity contribution in [1.29, 1.82) is 0 Å². The molecule has 0 aliphatic heterocycles. The van der Waals surface area contributed by atoms with Crippen LogP contribution >= 0.6 is 0 Å². The average Bonchev–Trinajstić information content (AvgIpc) is 2.89. The van der Waals surface area contributed by atoms with Crippen molar-refractivity contribution >= 4 is 5.82 Å². The number of imidazole rings is 1. The molecule has 102 valence electrons. The largest absolute Gasteiger partial charge is 0.416 e. The normalized spacial score (nSPS) is 13.3. The third-order valence-corrected chi connectivity index (χ3v) is 2.67. The van der Waals surface area contributed by atoms with Gasteiger partial charge in [0.1, 0.15) is 11.6 Å². The van der Waals surface area contributed by atoms with Crippen LogP contribution in [0.25, 0.3) is 0 Å². The fraction of sp³-hybridized carbons (Fsp3) is 0.333. The summed E-state index contributed by atoms with van der Waals surface area (Å²) in [4.78, 5) is 10.9. The van der Waals surface area contributed by atoms with E-state index in [4.69, 9.17) is 0 Å². The highest BCUT2D eigenvalue weighted by Crippen LogP contribution is 2.30. The van der Waals surface area contributed by atoms with Gasteiger partial charge in [-0.15, -0.1) is 0 Å². The molecule has 0 amide bonds. The minimum absolute atomic E-state index is 0.179. The second kappa shape index (κ2) is 5.29. The molecule has 0 aromatic carbocycles. The minimum Gasteiger partial charge on any atom is -0.360 e. The summed E-state index contributed by atoms with van der Waals surface area (Å²) < 4.78 is 37.8. The molecule has 4 nitrogen and oxygen atoms in total. The molecule has 1 unspecified atom stereocenters. The van der Waals surface area contributed by atoms with Crippen LogP contribution in [0.2, 0.25) is 0 Å². The van der Waals surface area contributed by atoms with E-state index in [1.807, 2.05) is 6.92 Å². The lowest BCUT2D eigenvalue weighted by atomic mass is 10.2. The van der Waals surface area contributed by atoms with Gasteiger partial charge in [0.05, 0.1) is 11.6 Å². The third kappa shape index (κ3) is 3.24. The molecule has 2 aromatic heterocycles. The third-order valence-electron chi connectivity index (χ3n) is 2.67. The van der Waals surface area contributed by atoms with Crippen molar-refractivity contribution in [2.75, 3.05) is 5.32 Å². The molecule has 2 rings (SSSR count). The highest BCUT2D eigenvalue weighted by Gasteiger charge is 2.30. The zero-order valence-electron chi connectivity index (χ0n) is 10.2. The van der Waals surface area contributed by atoms with E-state index in [0.29, 0.717) is 12.2 Å². The van der Waals surface area contributed by atoms with Crippen LogP contribution in [-0.2, 0) is 6.18 Å². The van der Waals surface area contributed by atoms with Crippen molar-refractivity contribution in [3.8, 4) is 0 Å². The van der Waals surface area contributed by atoms with Gasteiger partial charge in [-0.2, -0.15) is 13.2 Å². The maximum Gasteiger partial charge on any atom is 0.416 e. The molecule has 0 bridgehead atoms. The SMILES string of the molecule is CCC(Nc1cc(C(F)(F)F)ccn1)c1ncc[nH]1. The van der Waals surface area contributed by atoms with Crippen molar-refractivity contribution in [3.63, 3.8) is 0 Å². The Bertz CT molecular complexity index is 522. The quantitative estimate of drug-likeness (QED) is 0.895. The Balaban J connectivity index is 2.19. The molecule has 0 aliphatic carbocycles. The van der Waals surface area contributed by atoms with Crippen LogP contribution in [0.3, 0.4) is 0 Å². The Labute approximate surface area is 108 Å². The van der Waals surface area contributed by atoms with Gasteiger partial charge in [0.25, 0.3) is 0 Å². The van der Waals surface area contributed by atoms with E-state index in [9.17, 15) is 13.2 Å². The maximum atomic E-state index is 12.6. The number of H-pyrrole nitrogens is 1. The van der Waals surface area contributed by atoms with Gasteiger partial charge in [-0.1, -0.05) is 6.92 Å². The number of halogens is 3. The number of rotatable bonds is 4. The average molecular weight is 270 g/mol. The molecule has 0 radical (unpaired) electrons. The van der Waals surface area contributed by atoms with E-state index in [1.54, 1.807) is 12.4 Å². The second-order valence-electron chi connectivity index (χ2n) is 4.01. The van der Waals surface area contributed by atoms with Gasteiger partial charge in [-0.05, 0) is 18.6 Å². The fourth-order valence-electron chi connectivity index (χ4n) is 1.70. The molecule has 0 aliphatic rings. The first-order valence-corrected chi connectivity index (χ1v) is 5.79. The highest BCUT2D eigenvalue weighted by molar-refractivity contribution is 5.40. The van der Waals surface area contributed by atoms with Crippen LogP contribution in [-0.4, -0.2) is 15.0 Å². The summed E-state index contributed by atoms with van der Waals surface area (Å²) in [6.45, 7) is 1.91. The summed E-state index contributed by atoms with van der Waals surface area (Å²) in [7, 11) is 0. The van der Waals surface area contributed by atoms with Gasteiger partial charge >= 0.3 is 6.18 Å². The van der Waals surface area contributed by atoms with Crippen molar-refractivity contribution in [1.82, 2.24) is 15.0 Å². The number of aromatic amines is 1. The second-order valence-corrected chi connectivity index (χ2v) is 4.01. The summed E-state index contributed by atoms with van der Waals surface area (Å²) in [5.41, 5.74) is -0.723. The number of aromatic nitrogens is 3. The van der Waals surface area contributed by atoms with Crippen molar-refractivity contribution in [2.24, 2.45) is 0 Å². The molecule has 0 saturated carbocycles. The van der Waals surface area contributed by atoms with Gasteiger partial charge in [-0.25, -0.2) is 9.97 Å². The summed E-state index contributed by atoms with van der Waals surface area (Å²) in [6, 6.07) is 1.73. The molecule has 2 N–H and O–H groups in total. The molecule has 7 heteroatoms. The number of hydrogen-bond donors (Lipinski definition) is 2. The van der Waals surface area contributed by atoms with Gasteiger partial charge in [0.15, 0.2) is 0 Å². The lowest BCUT2D eigenvalue weighted by Gasteiger charge is -2.16. The molecule has 0 fully saturated rings. The molecule has 19 heavy (non-hydrogen) atoms. The van der Waals surface area contributed by atoms with E-state index in [1.165, 1.54) is 0 Å². The molecule has 2 heterocycles. The van der Waals surface area contributed by atoms with Gasteiger partial charge in [0, 0.05) is 18.6 Å². The first-order valence-electron chi connectivity index (χ1n) is 5.79. The summed E-state index contributed by atoms with van der Waals surface area (Å²) in [5.74, 6) is 0.847. The highest BCUT2D eigenvalue weighted by atomic mass is 19.4. The number of nitrogens with one attached hydrogen (secondary N) is 2. The van der Waals surface area contributed by atoms with Crippen LogP contribution in [0.4, 0.5) is 19.0 Å². The van der Waals surface area contributed by atoms with E-state index < -0.39 is 11.7 Å². The monoisotopic (exact) mass is 270 g/mol. The first kappa shape index (κ1) is 13.4. The lowest BCUT2D eigenvalue weighted by molar-refractivity contribution is -0.137. The topological polar surface area (TPSA) is 53.6 Å². The van der Waals surface area contributed by atoms with Gasteiger partial charge in [0.2, 0.25) is 0 Å². The van der Waals surface area contributed by atoms with E-state index >= 15 is 0 Å². The van der Waals surface area contributed by atoms with Crippen LogP contribution in [0, 0.1) is 0 Å². The predicted octanol–water partition coefficient (Wildman–Crippen LogP) is 3.39. The Morgan fingerprint density at radius 2 is 2.11 bits per heavy atom. The molecule has 2 aromatic rings. The van der Waals surface area contributed by atoms with Crippen LogP contribution < -0.4 is 5.32 Å². The standard InChI is InChI=1S/C12H13F3N4/c1-2-9(11-17-5-6-18-11)19-10-7-8(3-4-16-10)12(13,14)15/h3-7,9H,2H2,1H3,(H,16,19)(H,17,18). The van der Waals surface area contributed by atoms with Crippen LogP contribution in [0.1, 0.15) is 30.8 Å². The summed E-state index contributed by atoms with van der Waals surface area (Å²) in [6.07, 6.45) is 0.704. The Hall–Kier alpha value is -2.05. The van der Waals surface area contributed by atoms with E-state index in [2.05, 4.69) is 20.3 Å². The minimum atomic E-state index is -4.37. The number of anilines is 1. The number of alkyl halides is 3. The summed E-state index contributed by atoms with van der Waals surface area (Å²) in [5, 5.41) is 2.94. The molecule has 0 spiro atoms. The zero-order chi connectivity index (χ0) is 13.9. The Kier molecular flexibility index (Phi) is 3.73. The molecular weight excluding hydrogens is 257 g/mol. The lowest BCUT2D eigenvalue weighted by Crippen LogP contribution is -2.13. The zero-order valence-corrected chi connectivity index (χ0v) is 10.2. The van der Waals surface area contributed by atoms with E-state index in [0.717, 1.165) is 18.3 Å². The summed E-state index contributed by atoms with van der Waals surface area (Å²) >= 11 is 0. The number of pyridine rings is 1. The maximum absolute atomic E-state index is 12.6. The van der Waals surface area contributed by atoms with Gasteiger partial charge < -0.3 is 10.3 Å². The molecule has 1 atom stereocenters. The van der Waals surface area contributed by atoms with E-state index in [-0.39, 0.29) is 11.9 Å². The first-order chi connectivity index (χ1) is 9.00. The molecular formula is C12H13F3N4. The van der Waals surface area contributed by atoms with Crippen molar-refractivity contribution in [3.05, 3.63) is 42.1 Å². The Morgan fingerprint density at radius 1 is 1.32 bits per heavy atom. The smallest absolute Gasteiger partial charge is 0.360 e. The van der Waals surface area contributed by atoms with Crippen molar-refractivity contribution < 1.29 is 13.2 Å². The predicted molar refractivity (Wildman–Crippen MR) is 64.5 cm³/mol. The fourth-order valence-corrected chi connectivity index (χ4v) is 1.70. The van der Waals surface area contributed by atoms with Crippen molar-refractivity contribution in [2.45, 2.75) is 25.6 Å². The van der Waals surface area contributed by atoms with Gasteiger partial charge in [-0.3, -0.25) is 0 Å².